The Labute approximate surface area is 88.4 Å². The monoisotopic (exact) mass is 218 g/mol. The van der Waals surface area contributed by atoms with Crippen LogP contribution in [0, 0.1) is 5.92 Å². The molecule has 1 aromatic rings. The highest BCUT2D eigenvalue weighted by Gasteiger charge is 2.15. The van der Waals surface area contributed by atoms with Crippen LogP contribution >= 0.6 is 22.9 Å². The van der Waals surface area contributed by atoms with Crippen LogP contribution in [0.4, 0.5) is 0 Å². The Morgan fingerprint density at radius 1 is 1.62 bits per heavy atom. The Hall–Kier alpha value is -0.0500. The van der Waals surface area contributed by atoms with E-state index in [0.29, 0.717) is 10.9 Å². The summed E-state index contributed by atoms with van der Waals surface area (Å²) in [6, 6.07) is 1.83. The maximum absolute atomic E-state index is 9.82. The lowest BCUT2D eigenvalue weighted by Crippen LogP contribution is -2.02. The third-order valence-electron chi connectivity index (χ3n) is 2.27. The molecule has 0 saturated carbocycles. The Morgan fingerprint density at radius 3 is 2.77 bits per heavy atom. The van der Waals surface area contributed by atoms with Gasteiger partial charge in [-0.3, -0.25) is 0 Å². The molecule has 0 aliphatic heterocycles. The van der Waals surface area contributed by atoms with Crippen LogP contribution in [0.15, 0.2) is 11.4 Å². The topological polar surface area (TPSA) is 20.2 Å². The zero-order valence-electron chi connectivity index (χ0n) is 7.96. The van der Waals surface area contributed by atoms with Crippen LogP contribution in [0.2, 0.25) is 5.02 Å². The maximum Gasteiger partial charge on any atom is 0.0899 e. The van der Waals surface area contributed by atoms with Crippen LogP contribution in [0.3, 0.4) is 0 Å². The number of aliphatic hydroxyl groups excluding tert-OH is 1. The molecule has 0 spiro atoms. The zero-order valence-corrected chi connectivity index (χ0v) is 9.53. The molecule has 0 saturated heterocycles. The van der Waals surface area contributed by atoms with E-state index in [2.05, 4.69) is 13.8 Å². The summed E-state index contributed by atoms with van der Waals surface area (Å²) in [4.78, 5) is 0.905. The fourth-order valence-electron chi connectivity index (χ4n) is 1.20. The molecule has 0 aromatic carbocycles. The largest absolute Gasteiger partial charge is 0.388 e. The van der Waals surface area contributed by atoms with E-state index in [-0.39, 0.29) is 6.10 Å². The molecule has 13 heavy (non-hydrogen) atoms. The van der Waals surface area contributed by atoms with Gasteiger partial charge in [0, 0.05) is 0 Å². The minimum Gasteiger partial charge on any atom is -0.388 e. The van der Waals surface area contributed by atoms with Crippen molar-refractivity contribution in [3.05, 3.63) is 21.3 Å². The molecule has 0 radical (unpaired) electrons. The first-order valence-electron chi connectivity index (χ1n) is 4.56. The third-order valence-corrected chi connectivity index (χ3v) is 3.73. The Bertz CT molecular complexity index is 259. The van der Waals surface area contributed by atoms with Gasteiger partial charge in [0.15, 0.2) is 0 Å². The van der Waals surface area contributed by atoms with Crippen molar-refractivity contribution in [2.24, 2.45) is 5.92 Å². The number of rotatable bonds is 4. The smallest absolute Gasteiger partial charge is 0.0899 e. The molecule has 74 valence electrons. The molecule has 3 heteroatoms. The van der Waals surface area contributed by atoms with Crippen LogP contribution in [0.5, 0.6) is 0 Å². The minimum atomic E-state index is -0.387. The highest BCUT2D eigenvalue weighted by atomic mass is 35.5. The lowest BCUT2D eigenvalue weighted by molar-refractivity contribution is 0.150. The van der Waals surface area contributed by atoms with Gasteiger partial charge in [0.2, 0.25) is 0 Å². The summed E-state index contributed by atoms with van der Waals surface area (Å²) in [7, 11) is 0. The van der Waals surface area contributed by atoms with Crippen LogP contribution < -0.4 is 0 Å². The first-order chi connectivity index (χ1) is 6.15. The molecular formula is C10H15ClOS. The molecule has 1 nitrogen and oxygen atoms in total. The van der Waals surface area contributed by atoms with Crippen molar-refractivity contribution in [1.29, 1.82) is 0 Å². The van der Waals surface area contributed by atoms with E-state index in [4.69, 9.17) is 11.6 Å². The fraction of sp³-hybridized carbons (Fsp3) is 0.600. The first-order valence-corrected chi connectivity index (χ1v) is 5.81. The van der Waals surface area contributed by atoms with Gasteiger partial charge in [-0.2, -0.15) is 0 Å². The van der Waals surface area contributed by atoms with E-state index in [0.717, 1.165) is 17.7 Å². The molecule has 2 atom stereocenters. The second-order valence-electron chi connectivity index (χ2n) is 3.40. The van der Waals surface area contributed by atoms with Crippen LogP contribution in [0.1, 0.15) is 37.7 Å². The molecule has 1 aromatic heterocycles. The van der Waals surface area contributed by atoms with Crippen molar-refractivity contribution < 1.29 is 5.11 Å². The number of hydrogen-bond acceptors (Lipinski definition) is 2. The highest BCUT2D eigenvalue weighted by molar-refractivity contribution is 7.10. The second kappa shape index (κ2) is 4.99. The van der Waals surface area contributed by atoms with Gasteiger partial charge in [-0.05, 0) is 23.8 Å². The Balaban J connectivity index is 2.58. The van der Waals surface area contributed by atoms with Gasteiger partial charge >= 0.3 is 0 Å². The molecule has 1 rings (SSSR count). The molecule has 0 fully saturated rings. The van der Waals surface area contributed by atoms with E-state index < -0.39 is 0 Å². The van der Waals surface area contributed by atoms with E-state index in [1.807, 2.05) is 11.4 Å². The molecule has 2 unspecified atom stereocenters. The molecule has 0 bridgehead atoms. The van der Waals surface area contributed by atoms with Gasteiger partial charge in [0.05, 0.1) is 16.0 Å². The molecule has 0 aliphatic carbocycles. The van der Waals surface area contributed by atoms with Crippen molar-refractivity contribution in [2.45, 2.75) is 32.8 Å². The van der Waals surface area contributed by atoms with Crippen LogP contribution in [0.25, 0.3) is 0 Å². The third kappa shape index (κ3) is 2.97. The van der Waals surface area contributed by atoms with Crippen molar-refractivity contribution in [2.75, 3.05) is 0 Å². The van der Waals surface area contributed by atoms with Crippen LogP contribution in [-0.4, -0.2) is 5.11 Å². The van der Waals surface area contributed by atoms with Crippen LogP contribution in [-0.2, 0) is 0 Å². The fourth-order valence-corrected chi connectivity index (χ4v) is 2.38. The summed E-state index contributed by atoms with van der Waals surface area (Å²) in [5.41, 5.74) is 0. The van der Waals surface area contributed by atoms with Crippen molar-refractivity contribution in [3.8, 4) is 0 Å². The Kier molecular flexibility index (Phi) is 4.23. The summed E-state index contributed by atoms with van der Waals surface area (Å²) in [5.74, 6) is 0.549. The number of halogens is 1. The van der Waals surface area contributed by atoms with Crippen molar-refractivity contribution in [1.82, 2.24) is 0 Å². The van der Waals surface area contributed by atoms with E-state index in [9.17, 15) is 5.11 Å². The molecule has 1 heterocycles. The average molecular weight is 219 g/mol. The predicted octanol–water partition coefficient (Wildman–Crippen LogP) is 3.87. The van der Waals surface area contributed by atoms with Gasteiger partial charge in [-0.1, -0.05) is 31.9 Å². The van der Waals surface area contributed by atoms with Crippen molar-refractivity contribution >= 4 is 22.9 Å². The second-order valence-corrected chi connectivity index (χ2v) is 4.75. The van der Waals surface area contributed by atoms with Gasteiger partial charge in [-0.15, -0.1) is 11.3 Å². The van der Waals surface area contributed by atoms with E-state index in [1.54, 1.807) is 0 Å². The van der Waals surface area contributed by atoms with E-state index >= 15 is 0 Å². The van der Waals surface area contributed by atoms with Gasteiger partial charge in [-0.25, -0.2) is 0 Å². The molecule has 0 amide bonds. The summed E-state index contributed by atoms with van der Waals surface area (Å²) >= 11 is 7.44. The quantitative estimate of drug-likeness (QED) is 0.814. The number of aliphatic hydroxyl groups is 1. The zero-order chi connectivity index (χ0) is 9.84. The number of thiophene rings is 1. The standard InChI is InChI=1S/C10H15ClOS/c1-3-7(2)6-9(12)10-8(11)4-5-13-10/h4-5,7,9,12H,3,6H2,1-2H3. The summed E-state index contributed by atoms with van der Waals surface area (Å²) in [5, 5.41) is 12.4. The van der Waals surface area contributed by atoms with Crippen molar-refractivity contribution in [3.63, 3.8) is 0 Å². The molecule has 0 aliphatic rings. The predicted molar refractivity (Wildman–Crippen MR) is 58.4 cm³/mol. The average Bonchev–Trinajstić information content (AvgIpc) is 2.51. The first kappa shape index (κ1) is 11.0. The summed E-state index contributed by atoms with van der Waals surface area (Å²) < 4.78 is 0. The Morgan fingerprint density at radius 2 is 2.31 bits per heavy atom. The highest BCUT2D eigenvalue weighted by Crippen LogP contribution is 2.32. The van der Waals surface area contributed by atoms with Gasteiger partial charge in [0.1, 0.15) is 0 Å². The summed E-state index contributed by atoms with van der Waals surface area (Å²) in [6.45, 7) is 4.28. The summed E-state index contributed by atoms with van der Waals surface area (Å²) in [6.07, 6.45) is 1.51. The SMILES string of the molecule is CCC(C)CC(O)c1sccc1Cl. The number of hydrogen-bond donors (Lipinski definition) is 1. The minimum absolute atomic E-state index is 0.387. The lowest BCUT2D eigenvalue weighted by atomic mass is 10.0. The van der Waals surface area contributed by atoms with Gasteiger partial charge < -0.3 is 5.11 Å². The molecular weight excluding hydrogens is 204 g/mol. The maximum atomic E-state index is 9.82. The lowest BCUT2D eigenvalue weighted by Gasteiger charge is -2.13. The van der Waals surface area contributed by atoms with E-state index in [1.165, 1.54) is 11.3 Å². The normalized spacial score (nSPS) is 15.7. The van der Waals surface area contributed by atoms with Gasteiger partial charge in [0.25, 0.3) is 0 Å². The molecule has 1 N–H and O–H groups in total.